The van der Waals surface area contributed by atoms with Crippen molar-refractivity contribution in [2.24, 2.45) is 0 Å². The summed E-state index contributed by atoms with van der Waals surface area (Å²) in [5.74, 6) is -4.25. The number of carbonyl (C=O) groups is 3. The Kier molecular flexibility index (Phi) is 4.87. The number of allylic oxidation sites excluding steroid dienone is 2. The molecule has 1 heterocycles. The van der Waals surface area contributed by atoms with Crippen LogP contribution in [-0.2, 0) is 19.2 Å². The van der Waals surface area contributed by atoms with Gasteiger partial charge in [0.25, 0.3) is 0 Å². The van der Waals surface area contributed by atoms with Gasteiger partial charge in [-0.25, -0.2) is 14.0 Å². The van der Waals surface area contributed by atoms with Gasteiger partial charge in [0, 0.05) is 11.1 Å². The predicted molar refractivity (Wildman–Crippen MR) is 74.4 cm³/mol. The molecule has 0 spiro atoms. The van der Waals surface area contributed by atoms with Crippen LogP contribution in [0.4, 0.5) is 4.39 Å². The van der Waals surface area contributed by atoms with E-state index in [4.69, 9.17) is 24.6 Å². The van der Waals surface area contributed by atoms with Gasteiger partial charge < -0.3 is 10.2 Å². The highest BCUT2D eigenvalue weighted by atomic mass is 19.1. The van der Waals surface area contributed by atoms with Crippen LogP contribution in [0.15, 0.2) is 47.7 Å². The van der Waals surface area contributed by atoms with E-state index >= 15 is 0 Å². The quantitative estimate of drug-likeness (QED) is 0.669. The van der Waals surface area contributed by atoms with Crippen molar-refractivity contribution in [2.75, 3.05) is 0 Å². The minimum atomic E-state index is -1.82. The topological polar surface area (TPSA) is 113 Å². The molecule has 0 aromatic heterocycles. The van der Waals surface area contributed by atoms with Crippen molar-refractivity contribution in [1.82, 2.24) is 5.48 Å². The lowest BCUT2D eigenvalue weighted by atomic mass is 9.97. The van der Waals surface area contributed by atoms with E-state index in [-0.39, 0.29) is 11.3 Å². The van der Waals surface area contributed by atoms with Gasteiger partial charge in [-0.1, -0.05) is 24.3 Å². The lowest BCUT2D eigenvalue weighted by Gasteiger charge is -2.24. The Bertz CT molecular complexity index is 712. The Morgan fingerprint density at radius 3 is 2.48 bits per heavy atom. The molecule has 0 bridgehead atoms. The number of hydroxylamine groups is 1. The van der Waals surface area contributed by atoms with E-state index in [2.05, 4.69) is 5.48 Å². The molecule has 2 aliphatic rings. The third kappa shape index (κ3) is 3.61. The largest absolute Gasteiger partial charge is 0.473 e. The van der Waals surface area contributed by atoms with Gasteiger partial charge in [-0.3, -0.25) is 15.1 Å². The van der Waals surface area contributed by atoms with Crippen LogP contribution in [0.5, 0.6) is 0 Å². The Balaban J connectivity index is 0.000000277. The summed E-state index contributed by atoms with van der Waals surface area (Å²) in [4.78, 5) is 35.6. The second-order valence-electron chi connectivity index (χ2n) is 4.59. The SMILES string of the molecule is O=C(O)C(=O)O.O=C1C2=C(C=CC2)NOC1c1ccccc1F. The lowest BCUT2D eigenvalue weighted by molar-refractivity contribution is -0.159. The number of hydrogen-bond acceptors (Lipinski definition) is 5. The summed E-state index contributed by atoms with van der Waals surface area (Å²) >= 11 is 0. The molecule has 1 atom stereocenters. The third-order valence-corrected chi connectivity index (χ3v) is 3.12. The third-order valence-electron chi connectivity index (χ3n) is 3.12. The zero-order valence-corrected chi connectivity index (χ0v) is 11.7. The van der Waals surface area contributed by atoms with E-state index in [1.807, 2.05) is 6.08 Å². The average molecular weight is 321 g/mol. The number of hydrogen-bond donors (Lipinski definition) is 3. The van der Waals surface area contributed by atoms with Gasteiger partial charge in [-0.05, 0) is 18.6 Å². The first-order valence-electron chi connectivity index (χ1n) is 6.48. The fourth-order valence-corrected chi connectivity index (χ4v) is 2.06. The molecule has 1 aromatic rings. The van der Waals surface area contributed by atoms with Crippen LogP contribution in [0.3, 0.4) is 0 Å². The van der Waals surface area contributed by atoms with Crippen molar-refractivity contribution in [3.8, 4) is 0 Å². The van der Waals surface area contributed by atoms with E-state index in [0.29, 0.717) is 17.7 Å². The number of benzene rings is 1. The number of nitrogens with one attached hydrogen (secondary N) is 1. The molecule has 7 nitrogen and oxygen atoms in total. The molecule has 1 unspecified atom stereocenters. The molecule has 1 aliphatic heterocycles. The maximum atomic E-state index is 13.6. The highest BCUT2D eigenvalue weighted by Crippen LogP contribution is 2.32. The first-order chi connectivity index (χ1) is 10.9. The average Bonchev–Trinajstić information content (AvgIpc) is 2.99. The number of carbonyl (C=O) groups excluding carboxylic acids is 1. The van der Waals surface area contributed by atoms with Crippen LogP contribution in [-0.4, -0.2) is 27.9 Å². The first kappa shape index (κ1) is 16.4. The zero-order chi connectivity index (χ0) is 17.0. The summed E-state index contributed by atoms with van der Waals surface area (Å²) < 4.78 is 13.6. The molecule has 0 saturated heterocycles. The standard InChI is InChI=1S/C13H10FNO2.C2H2O4/c14-10-6-2-1-4-8(10)13-12(16)9-5-3-7-11(9)15-17-13;3-1(4)2(5)6/h1-4,6-7,13,15H,5H2;(H,3,4)(H,5,6). The van der Waals surface area contributed by atoms with E-state index in [1.54, 1.807) is 24.3 Å². The summed E-state index contributed by atoms with van der Waals surface area (Å²) in [6, 6.07) is 6.16. The molecule has 23 heavy (non-hydrogen) atoms. The molecule has 0 radical (unpaired) electrons. The van der Waals surface area contributed by atoms with Crippen LogP contribution in [0.2, 0.25) is 0 Å². The van der Waals surface area contributed by atoms with Gasteiger partial charge in [-0.15, -0.1) is 0 Å². The summed E-state index contributed by atoms with van der Waals surface area (Å²) in [6.07, 6.45) is 3.36. The number of Topliss-reactive ketones (excluding diaryl/α,β-unsaturated/α-hetero) is 1. The number of aliphatic carboxylic acids is 2. The van der Waals surface area contributed by atoms with Gasteiger partial charge in [0.1, 0.15) is 5.82 Å². The summed E-state index contributed by atoms with van der Waals surface area (Å²) in [5.41, 5.74) is 4.30. The molecule has 120 valence electrons. The van der Waals surface area contributed by atoms with Crippen molar-refractivity contribution < 1.29 is 33.8 Å². The molecule has 1 aromatic carbocycles. The van der Waals surface area contributed by atoms with E-state index in [0.717, 1.165) is 0 Å². The van der Waals surface area contributed by atoms with Crippen molar-refractivity contribution in [3.63, 3.8) is 0 Å². The second-order valence-corrected chi connectivity index (χ2v) is 4.59. The van der Waals surface area contributed by atoms with E-state index in [9.17, 15) is 9.18 Å². The van der Waals surface area contributed by atoms with Gasteiger partial charge in [0.05, 0.1) is 5.70 Å². The molecule has 1 aliphatic carbocycles. The Morgan fingerprint density at radius 1 is 1.22 bits per heavy atom. The van der Waals surface area contributed by atoms with Gasteiger partial charge in [-0.2, -0.15) is 0 Å². The van der Waals surface area contributed by atoms with Crippen LogP contribution in [0.25, 0.3) is 0 Å². The van der Waals surface area contributed by atoms with Crippen molar-refractivity contribution in [3.05, 3.63) is 59.1 Å². The molecule has 0 saturated carbocycles. The highest BCUT2D eigenvalue weighted by molar-refractivity contribution is 6.27. The Labute approximate surface area is 129 Å². The maximum Gasteiger partial charge on any atom is 0.414 e. The van der Waals surface area contributed by atoms with Crippen LogP contribution in [0.1, 0.15) is 18.1 Å². The Hall–Kier alpha value is -3.00. The van der Waals surface area contributed by atoms with E-state index < -0.39 is 23.9 Å². The summed E-state index contributed by atoms with van der Waals surface area (Å²) in [6.45, 7) is 0. The molecule has 3 rings (SSSR count). The van der Waals surface area contributed by atoms with Gasteiger partial charge >= 0.3 is 11.9 Å². The zero-order valence-electron chi connectivity index (χ0n) is 11.7. The van der Waals surface area contributed by atoms with Crippen molar-refractivity contribution >= 4 is 17.7 Å². The minimum Gasteiger partial charge on any atom is -0.473 e. The number of carboxylic acids is 2. The molecule has 8 heteroatoms. The van der Waals surface area contributed by atoms with Crippen molar-refractivity contribution in [2.45, 2.75) is 12.5 Å². The van der Waals surface area contributed by atoms with Crippen molar-refractivity contribution in [1.29, 1.82) is 0 Å². The summed E-state index contributed by atoms with van der Waals surface area (Å²) in [5, 5.41) is 14.8. The number of rotatable bonds is 1. The molecule has 3 N–H and O–H groups in total. The maximum absolute atomic E-state index is 13.6. The molecule has 0 fully saturated rings. The van der Waals surface area contributed by atoms with Crippen LogP contribution >= 0.6 is 0 Å². The second kappa shape index (κ2) is 6.84. The number of carboxylic acid groups (broad SMARTS) is 2. The minimum absolute atomic E-state index is 0.172. The molecular formula is C15H12FNO6. The van der Waals surface area contributed by atoms with Gasteiger partial charge in [0.2, 0.25) is 0 Å². The first-order valence-corrected chi connectivity index (χ1v) is 6.48. The Morgan fingerprint density at radius 2 is 1.87 bits per heavy atom. The number of halogens is 1. The highest BCUT2D eigenvalue weighted by Gasteiger charge is 2.33. The predicted octanol–water partition coefficient (Wildman–Crippen LogP) is 1.34. The van der Waals surface area contributed by atoms with E-state index in [1.165, 1.54) is 6.07 Å². The summed E-state index contributed by atoms with van der Waals surface area (Å²) in [7, 11) is 0. The fraction of sp³-hybridized carbons (Fsp3) is 0.133. The monoisotopic (exact) mass is 321 g/mol. The lowest BCUT2D eigenvalue weighted by Crippen LogP contribution is -2.31. The van der Waals surface area contributed by atoms with Gasteiger partial charge in [0.15, 0.2) is 11.9 Å². The fourth-order valence-electron chi connectivity index (χ4n) is 2.06. The number of ketones is 1. The van der Waals surface area contributed by atoms with Crippen LogP contribution < -0.4 is 5.48 Å². The molecular weight excluding hydrogens is 309 g/mol. The molecule has 0 amide bonds. The smallest absolute Gasteiger partial charge is 0.414 e. The van der Waals surface area contributed by atoms with Crippen LogP contribution in [0, 0.1) is 5.82 Å². The normalized spacial score (nSPS) is 18.7.